The zero-order chi connectivity index (χ0) is 16.2. The molecule has 0 saturated carbocycles. The van der Waals surface area contributed by atoms with Crippen molar-refractivity contribution in [1.82, 2.24) is 0 Å². The van der Waals surface area contributed by atoms with Gasteiger partial charge in [-0.25, -0.2) is 4.79 Å². The Kier molecular flexibility index (Phi) is 9.89. The van der Waals surface area contributed by atoms with E-state index in [0.717, 1.165) is 12.8 Å². The molecule has 1 unspecified atom stereocenters. The number of hydrogen-bond acceptors (Lipinski definition) is 3. The van der Waals surface area contributed by atoms with E-state index in [1.165, 1.54) is 51.4 Å². The number of cyclic esters (lactones) is 1. The second-order valence-corrected chi connectivity index (χ2v) is 6.26. The quantitative estimate of drug-likeness (QED) is 0.278. The van der Waals surface area contributed by atoms with Gasteiger partial charge in [0.25, 0.3) is 0 Å². The minimum Gasteiger partial charge on any atom is -0.427 e. The van der Waals surface area contributed by atoms with E-state index >= 15 is 0 Å². The Morgan fingerprint density at radius 2 is 1.68 bits per heavy atom. The topological polar surface area (TPSA) is 46.5 Å². The summed E-state index contributed by atoms with van der Waals surface area (Å²) in [4.78, 5) is 11.2. The lowest BCUT2D eigenvalue weighted by atomic mass is 9.99. The van der Waals surface area contributed by atoms with E-state index in [1.807, 2.05) is 0 Å². The predicted octanol–water partition coefficient (Wildman–Crippen LogP) is 5.05. The molecule has 0 radical (unpaired) electrons. The zero-order valence-electron chi connectivity index (χ0n) is 14.1. The number of ether oxygens (including phenoxy) is 1. The van der Waals surface area contributed by atoms with Crippen molar-refractivity contribution in [3.63, 3.8) is 0 Å². The van der Waals surface area contributed by atoms with E-state index in [4.69, 9.17) is 4.74 Å². The Morgan fingerprint density at radius 1 is 1.09 bits per heavy atom. The van der Waals surface area contributed by atoms with Gasteiger partial charge in [-0.2, -0.15) is 0 Å². The summed E-state index contributed by atoms with van der Waals surface area (Å²) in [5.41, 5.74) is 0.682. The van der Waals surface area contributed by atoms with Gasteiger partial charge in [0, 0.05) is 12.8 Å². The zero-order valence-corrected chi connectivity index (χ0v) is 14.1. The van der Waals surface area contributed by atoms with Crippen LogP contribution in [-0.4, -0.2) is 17.2 Å². The first-order chi connectivity index (χ1) is 10.7. The lowest BCUT2D eigenvalue weighted by molar-refractivity contribution is -0.141. The van der Waals surface area contributed by atoms with Gasteiger partial charge >= 0.3 is 5.97 Å². The fourth-order valence-electron chi connectivity index (χ4n) is 2.82. The maximum atomic E-state index is 11.2. The third kappa shape index (κ3) is 7.26. The first-order valence-electron chi connectivity index (χ1n) is 8.92. The van der Waals surface area contributed by atoms with Crippen LogP contribution in [0.25, 0.3) is 0 Å². The summed E-state index contributed by atoms with van der Waals surface area (Å²) >= 11 is 0. The molecule has 0 spiro atoms. The molecule has 1 rings (SSSR count). The van der Waals surface area contributed by atoms with E-state index in [9.17, 15) is 9.90 Å². The second kappa shape index (κ2) is 11.5. The SMILES string of the molecule is C=CCC1=C(CC(O)CCCCCCCCCCC)OC1=O. The summed E-state index contributed by atoms with van der Waals surface area (Å²) in [6.07, 6.45) is 14.6. The van der Waals surface area contributed by atoms with Gasteiger partial charge in [0.1, 0.15) is 5.76 Å². The molecule has 0 aromatic rings. The molecule has 1 heterocycles. The number of allylic oxidation sites excluding steroid dienone is 1. The van der Waals surface area contributed by atoms with Crippen LogP contribution >= 0.6 is 0 Å². The summed E-state index contributed by atoms with van der Waals surface area (Å²) in [7, 11) is 0. The van der Waals surface area contributed by atoms with Crippen molar-refractivity contribution >= 4 is 5.97 Å². The summed E-state index contributed by atoms with van der Waals surface area (Å²) in [6.45, 7) is 5.87. The molecule has 1 atom stereocenters. The number of carbonyl (C=O) groups excluding carboxylic acids is 1. The molecular formula is C19H32O3. The van der Waals surface area contributed by atoms with Crippen LogP contribution < -0.4 is 0 Å². The normalized spacial score (nSPS) is 15.5. The average molecular weight is 308 g/mol. The Balaban J connectivity index is 2.01. The Labute approximate surface area is 135 Å². The van der Waals surface area contributed by atoms with E-state index < -0.39 is 6.10 Å². The molecule has 0 aliphatic carbocycles. The summed E-state index contributed by atoms with van der Waals surface area (Å²) in [6, 6.07) is 0. The number of aliphatic hydroxyl groups is 1. The number of esters is 1. The molecule has 1 N–H and O–H groups in total. The molecule has 0 aromatic heterocycles. The van der Waals surface area contributed by atoms with Crippen molar-refractivity contribution in [1.29, 1.82) is 0 Å². The highest BCUT2D eigenvalue weighted by Crippen LogP contribution is 2.28. The van der Waals surface area contributed by atoms with Crippen molar-refractivity contribution in [2.45, 2.75) is 90.1 Å². The molecule has 22 heavy (non-hydrogen) atoms. The smallest absolute Gasteiger partial charge is 0.342 e. The van der Waals surface area contributed by atoms with Crippen LogP contribution in [-0.2, 0) is 9.53 Å². The molecular weight excluding hydrogens is 276 g/mol. The van der Waals surface area contributed by atoms with Crippen LogP contribution in [0, 0.1) is 0 Å². The number of unbranched alkanes of at least 4 members (excludes halogenated alkanes) is 8. The summed E-state index contributed by atoms with van der Waals surface area (Å²) in [5, 5.41) is 10.0. The summed E-state index contributed by atoms with van der Waals surface area (Å²) < 4.78 is 5.00. The maximum absolute atomic E-state index is 11.2. The highest BCUT2D eigenvalue weighted by molar-refractivity contribution is 5.95. The minimum atomic E-state index is -0.396. The van der Waals surface area contributed by atoms with Gasteiger partial charge in [-0.1, -0.05) is 70.8 Å². The Bertz CT molecular complexity index is 371. The Hall–Kier alpha value is -1.09. The van der Waals surface area contributed by atoms with Crippen molar-refractivity contribution < 1.29 is 14.6 Å². The highest BCUT2D eigenvalue weighted by atomic mass is 16.6. The fourth-order valence-corrected chi connectivity index (χ4v) is 2.82. The minimum absolute atomic E-state index is 0.259. The third-order valence-corrected chi connectivity index (χ3v) is 4.21. The molecule has 1 aliphatic rings. The van der Waals surface area contributed by atoms with Gasteiger partial charge in [-0.3, -0.25) is 0 Å². The molecule has 126 valence electrons. The van der Waals surface area contributed by atoms with Crippen LogP contribution in [0.3, 0.4) is 0 Å². The van der Waals surface area contributed by atoms with Gasteiger partial charge in [-0.15, -0.1) is 6.58 Å². The van der Waals surface area contributed by atoms with Crippen LogP contribution in [0.15, 0.2) is 24.0 Å². The number of rotatable bonds is 14. The molecule has 0 amide bonds. The number of aliphatic hydroxyl groups excluding tert-OH is 1. The summed E-state index contributed by atoms with van der Waals surface area (Å²) in [5.74, 6) is 0.401. The lowest BCUT2D eigenvalue weighted by Gasteiger charge is -2.23. The molecule has 3 heteroatoms. The van der Waals surface area contributed by atoms with E-state index in [2.05, 4.69) is 13.5 Å². The van der Waals surface area contributed by atoms with Gasteiger partial charge in [0.2, 0.25) is 0 Å². The van der Waals surface area contributed by atoms with Crippen LogP contribution in [0.1, 0.15) is 84.0 Å². The molecule has 0 saturated heterocycles. The van der Waals surface area contributed by atoms with E-state index in [1.54, 1.807) is 6.08 Å². The predicted molar refractivity (Wildman–Crippen MR) is 90.4 cm³/mol. The van der Waals surface area contributed by atoms with Crippen LogP contribution in [0.5, 0.6) is 0 Å². The largest absolute Gasteiger partial charge is 0.427 e. The third-order valence-electron chi connectivity index (χ3n) is 4.21. The standard InChI is InChI=1S/C19H32O3/c1-3-5-6-7-8-9-10-11-12-14-16(20)15-18-17(13-4-2)19(21)22-18/h4,16,20H,2-3,5-15H2,1H3. The second-order valence-electron chi connectivity index (χ2n) is 6.26. The van der Waals surface area contributed by atoms with Crippen molar-refractivity contribution in [3.8, 4) is 0 Å². The van der Waals surface area contributed by atoms with Crippen LogP contribution in [0.4, 0.5) is 0 Å². The highest BCUT2D eigenvalue weighted by Gasteiger charge is 2.29. The first-order valence-corrected chi connectivity index (χ1v) is 8.92. The average Bonchev–Trinajstić information content (AvgIpc) is 2.50. The van der Waals surface area contributed by atoms with E-state index in [0.29, 0.717) is 24.2 Å². The van der Waals surface area contributed by atoms with Crippen molar-refractivity contribution in [2.24, 2.45) is 0 Å². The fraction of sp³-hybridized carbons (Fsp3) is 0.737. The van der Waals surface area contributed by atoms with Gasteiger partial charge < -0.3 is 9.84 Å². The lowest BCUT2D eigenvalue weighted by Crippen LogP contribution is -2.24. The first kappa shape index (κ1) is 19.0. The van der Waals surface area contributed by atoms with Crippen LogP contribution in [0.2, 0.25) is 0 Å². The molecule has 0 aromatic carbocycles. The van der Waals surface area contributed by atoms with E-state index in [-0.39, 0.29) is 5.97 Å². The molecule has 0 fully saturated rings. The van der Waals surface area contributed by atoms with Gasteiger partial charge in [0.05, 0.1) is 11.7 Å². The molecule has 3 nitrogen and oxygen atoms in total. The molecule has 1 aliphatic heterocycles. The number of hydrogen-bond donors (Lipinski definition) is 1. The molecule has 0 bridgehead atoms. The van der Waals surface area contributed by atoms with Crippen molar-refractivity contribution in [2.75, 3.05) is 0 Å². The van der Waals surface area contributed by atoms with Gasteiger partial charge in [-0.05, 0) is 6.42 Å². The Morgan fingerprint density at radius 3 is 2.23 bits per heavy atom. The maximum Gasteiger partial charge on any atom is 0.342 e. The monoisotopic (exact) mass is 308 g/mol. The number of carbonyl (C=O) groups is 1. The van der Waals surface area contributed by atoms with Gasteiger partial charge in [0.15, 0.2) is 0 Å². The van der Waals surface area contributed by atoms with Crippen molar-refractivity contribution in [3.05, 3.63) is 24.0 Å².